The molecule has 1 aliphatic carbocycles. The first kappa shape index (κ1) is 13.6. The molecule has 2 rings (SSSR count). The molecule has 3 heteroatoms. The van der Waals surface area contributed by atoms with Crippen LogP contribution in [0.4, 0.5) is 5.82 Å². The van der Waals surface area contributed by atoms with Crippen molar-refractivity contribution in [3.8, 4) is 6.07 Å². The van der Waals surface area contributed by atoms with Crippen molar-refractivity contribution in [1.82, 2.24) is 4.98 Å². The van der Waals surface area contributed by atoms with Gasteiger partial charge in [-0.05, 0) is 51.2 Å². The number of hydrogen-bond donors (Lipinski definition) is 0. The monoisotopic (exact) mass is 255 g/mol. The topological polar surface area (TPSA) is 39.9 Å². The number of anilines is 1. The van der Waals surface area contributed by atoms with E-state index in [1.807, 2.05) is 13.0 Å². The van der Waals surface area contributed by atoms with Gasteiger partial charge in [-0.15, -0.1) is 0 Å². The van der Waals surface area contributed by atoms with Crippen molar-refractivity contribution < 1.29 is 0 Å². The zero-order chi connectivity index (χ0) is 13.8. The van der Waals surface area contributed by atoms with Crippen LogP contribution in [0.15, 0.2) is 18.2 Å². The van der Waals surface area contributed by atoms with Crippen molar-refractivity contribution in [3.63, 3.8) is 0 Å². The molecular formula is C16H21N3. The maximum Gasteiger partial charge on any atom is 0.147 e. The lowest BCUT2D eigenvalue weighted by Crippen LogP contribution is -2.27. The fourth-order valence-electron chi connectivity index (χ4n) is 2.61. The predicted molar refractivity (Wildman–Crippen MR) is 78.3 cm³/mol. The molecule has 1 heterocycles. The molecule has 0 radical (unpaired) electrons. The summed E-state index contributed by atoms with van der Waals surface area (Å²) in [5.41, 5.74) is 4.23. The molecule has 1 aliphatic rings. The molecule has 0 saturated heterocycles. The first-order chi connectivity index (χ1) is 9.15. The van der Waals surface area contributed by atoms with E-state index >= 15 is 0 Å². The second-order valence-corrected chi connectivity index (χ2v) is 5.26. The average molecular weight is 255 g/mol. The summed E-state index contributed by atoms with van der Waals surface area (Å²) in [7, 11) is 0. The summed E-state index contributed by atoms with van der Waals surface area (Å²) in [6.07, 6.45) is 4.52. The third-order valence-corrected chi connectivity index (χ3v) is 3.54. The normalized spacial score (nSPS) is 13.5. The Morgan fingerprint density at radius 1 is 1.47 bits per heavy atom. The molecule has 1 aromatic heterocycles. The van der Waals surface area contributed by atoms with Crippen LogP contribution in [0.25, 0.3) is 0 Å². The zero-order valence-electron chi connectivity index (χ0n) is 11.9. The number of rotatable bonds is 4. The van der Waals surface area contributed by atoms with Gasteiger partial charge in [-0.2, -0.15) is 5.26 Å². The number of likely N-dealkylation sites (N-methyl/N-ethyl adjacent to an activating group) is 1. The molecule has 0 N–H and O–H groups in total. The van der Waals surface area contributed by atoms with E-state index in [1.54, 1.807) is 0 Å². The standard InChI is InChI=1S/C16H21N3/c1-4-19(11-12(2)3)16-14(10-17)9-13-7-5-6-8-15(13)18-16/h9H,2,4-8,11H2,1,3H3. The minimum atomic E-state index is 0.698. The van der Waals surface area contributed by atoms with Crippen LogP contribution >= 0.6 is 0 Å². The Kier molecular flexibility index (Phi) is 4.21. The van der Waals surface area contributed by atoms with Gasteiger partial charge in [0.1, 0.15) is 11.9 Å². The number of aromatic nitrogens is 1. The highest BCUT2D eigenvalue weighted by atomic mass is 15.2. The molecule has 1 aromatic rings. The van der Waals surface area contributed by atoms with Gasteiger partial charge in [-0.1, -0.05) is 12.2 Å². The highest BCUT2D eigenvalue weighted by Gasteiger charge is 2.18. The second kappa shape index (κ2) is 5.88. The van der Waals surface area contributed by atoms with E-state index in [9.17, 15) is 5.26 Å². The third kappa shape index (κ3) is 2.96. The van der Waals surface area contributed by atoms with Crippen molar-refractivity contribution in [2.75, 3.05) is 18.0 Å². The van der Waals surface area contributed by atoms with Crippen molar-refractivity contribution in [3.05, 3.63) is 35.0 Å². The van der Waals surface area contributed by atoms with E-state index in [0.717, 1.165) is 37.3 Å². The second-order valence-electron chi connectivity index (χ2n) is 5.26. The zero-order valence-corrected chi connectivity index (χ0v) is 11.9. The highest BCUT2D eigenvalue weighted by molar-refractivity contribution is 5.57. The quantitative estimate of drug-likeness (QED) is 0.775. The Bertz CT molecular complexity index is 526. The number of nitriles is 1. The molecule has 0 fully saturated rings. The van der Waals surface area contributed by atoms with E-state index in [-0.39, 0.29) is 0 Å². The molecule has 0 spiro atoms. The van der Waals surface area contributed by atoms with Crippen molar-refractivity contribution in [2.24, 2.45) is 0 Å². The van der Waals surface area contributed by atoms with Crippen LogP contribution in [0.1, 0.15) is 43.5 Å². The van der Waals surface area contributed by atoms with E-state index in [0.29, 0.717) is 5.56 Å². The molecule has 100 valence electrons. The first-order valence-electron chi connectivity index (χ1n) is 6.98. The first-order valence-corrected chi connectivity index (χ1v) is 6.98. The largest absolute Gasteiger partial charge is 0.352 e. The Morgan fingerprint density at radius 3 is 2.84 bits per heavy atom. The summed E-state index contributed by atoms with van der Waals surface area (Å²) in [6, 6.07) is 4.34. The Labute approximate surface area is 115 Å². The van der Waals surface area contributed by atoms with Crippen LogP contribution in [-0.4, -0.2) is 18.1 Å². The molecule has 0 aromatic carbocycles. The van der Waals surface area contributed by atoms with Gasteiger partial charge >= 0.3 is 0 Å². The smallest absolute Gasteiger partial charge is 0.147 e. The fraction of sp³-hybridized carbons (Fsp3) is 0.500. The maximum absolute atomic E-state index is 9.36. The summed E-state index contributed by atoms with van der Waals surface area (Å²) in [5, 5.41) is 9.36. The number of pyridine rings is 1. The lowest BCUT2D eigenvalue weighted by molar-refractivity contribution is 0.665. The van der Waals surface area contributed by atoms with Gasteiger partial charge in [0, 0.05) is 18.8 Å². The Morgan fingerprint density at radius 2 is 2.21 bits per heavy atom. The van der Waals surface area contributed by atoms with Crippen LogP contribution in [0, 0.1) is 11.3 Å². The molecule has 0 saturated carbocycles. The summed E-state index contributed by atoms with van der Waals surface area (Å²) >= 11 is 0. The van der Waals surface area contributed by atoms with Gasteiger partial charge in [0.05, 0.1) is 5.56 Å². The van der Waals surface area contributed by atoms with Crippen LogP contribution in [0.2, 0.25) is 0 Å². The summed E-state index contributed by atoms with van der Waals surface area (Å²) < 4.78 is 0. The molecule has 0 atom stereocenters. The molecule has 3 nitrogen and oxygen atoms in total. The summed E-state index contributed by atoms with van der Waals surface area (Å²) in [4.78, 5) is 6.91. The lowest BCUT2D eigenvalue weighted by atomic mass is 9.95. The number of aryl methyl sites for hydroxylation is 2. The molecular weight excluding hydrogens is 234 g/mol. The number of fused-ring (bicyclic) bond motifs is 1. The van der Waals surface area contributed by atoms with Crippen LogP contribution in [0.5, 0.6) is 0 Å². The third-order valence-electron chi connectivity index (χ3n) is 3.54. The minimum Gasteiger partial charge on any atom is -0.352 e. The van der Waals surface area contributed by atoms with E-state index < -0.39 is 0 Å². The van der Waals surface area contributed by atoms with Gasteiger partial charge in [0.2, 0.25) is 0 Å². The van der Waals surface area contributed by atoms with E-state index in [2.05, 4.69) is 24.5 Å². The summed E-state index contributed by atoms with van der Waals surface area (Å²) in [6.45, 7) is 9.66. The Balaban J connectivity index is 2.43. The average Bonchev–Trinajstić information content (AvgIpc) is 2.43. The SMILES string of the molecule is C=C(C)CN(CC)c1nc2c(cc1C#N)CCCC2. The van der Waals surface area contributed by atoms with Crippen LogP contribution in [0.3, 0.4) is 0 Å². The lowest BCUT2D eigenvalue weighted by Gasteiger charge is -2.25. The van der Waals surface area contributed by atoms with Gasteiger partial charge in [0.15, 0.2) is 0 Å². The van der Waals surface area contributed by atoms with Crippen molar-refractivity contribution in [2.45, 2.75) is 39.5 Å². The molecule has 0 amide bonds. The Hall–Kier alpha value is -1.82. The fourth-order valence-corrected chi connectivity index (χ4v) is 2.61. The maximum atomic E-state index is 9.36. The van der Waals surface area contributed by atoms with Crippen molar-refractivity contribution in [1.29, 1.82) is 5.26 Å². The molecule has 0 aliphatic heterocycles. The number of hydrogen-bond acceptors (Lipinski definition) is 3. The molecule has 0 unspecified atom stereocenters. The molecule has 19 heavy (non-hydrogen) atoms. The predicted octanol–water partition coefficient (Wildman–Crippen LogP) is 3.23. The number of nitrogens with zero attached hydrogens (tertiary/aromatic N) is 3. The van der Waals surface area contributed by atoms with Gasteiger partial charge in [0.25, 0.3) is 0 Å². The van der Waals surface area contributed by atoms with E-state index in [1.165, 1.54) is 24.1 Å². The van der Waals surface area contributed by atoms with Gasteiger partial charge in [-0.3, -0.25) is 0 Å². The van der Waals surface area contributed by atoms with E-state index in [4.69, 9.17) is 4.98 Å². The van der Waals surface area contributed by atoms with Gasteiger partial charge in [-0.25, -0.2) is 4.98 Å². The van der Waals surface area contributed by atoms with Crippen LogP contribution < -0.4 is 4.90 Å². The summed E-state index contributed by atoms with van der Waals surface area (Å²) in [5.74, 6) is 0.827. The molecule has 0 bridgehead atoms. The highest BCUT2D eigenvalue weighted by Crippen LogP contribution is 2.26. The van der Waals surface area contributed by atoms with Gasteiger partial charge < -0.3 is 4.90 Å². The van der Waals surface area contributed by atoms with Crippen LogP contribution in [-0.2, 0) is 12.8 Å². The minimum absolute atomic E-state index is 0.698. The van der Waals surface area contributed by atoms with Crippen molar-refractivity contribution >= 4 is 5.82 Å².